The van der Waals surface area contributed by atoms with Crippen molar-refractivity contribution in [1.29, 1.82) is 0 Å². The molecule has 1 aromatic carbocycles. The summed E-state index contributed by atoms with van der Waals surface area (Å²) in [7, 11) is 1.52. The number of carbonyl (C=O) groups is 2. The second-order valence-electron chi connectivity index (χ2n) is 3.65. The Morgan fingerprint density at radius 3 is 2.84 bits per heavy atom. The van der Waals surface area contributed by atoms with E-state index < -0.39 is 11.9 Å². The molecular weight excluding hydrogens is 272 g/mol. The van der Waals surface area contributed by atoms with Crippen LogP contribution >= 0.6 is 11.6 Å². The maximum Gasteiger partial charge on any atom is 0.340 e. The maximum atomic E-state index is 11.7. The molecule has 0 aliphatic carbocycles. The molecule has 0 fully saturated rings. The minimum atomic E-state index is -0.693. The number of rotatable bonds is 6. The van der Waals surface area contributed by atoms with Crippen molar-refractivity contribution in [2.24, 2.45) is 0 Å². The Morgan fingerprint density at radius 2 is 2.16 bits per heavy atom. The van der Waals surface area contributed by atoms with Crippen molar-refractivity contribution in [3.05, 3.63) is 28.8 Å². The van der Waals surface area contributed by atoms with Crippen LogP contribution in [0.1, 0.15) is 10.4 Å². The minimum Gasteiger partial charge on any atom is -0.452 e. The second-order valence-corrected chi connectivity index (χ2v) is 4.09. The summed E-state index contributed by atoms with van der Waals surface area (Å²) < 4.78 is 9.59. The van der Waals surface area contributed by atoms with Crippen molar-refractivity contribution in [2.75, 3.05) is 32.6 Å². The monoisotopic (exact) mass is 286 g/mol. The quantitative estimate of drug-likeness (QED) is 0.459. The number of amides is 1. The molecule has 19 heavy (non-hydrogen) atoms. The van der Waals surface area contributed by atoms with Crippen molar-refractivity contribution in [2.45, 2.75) is 0 Å². The number of benzene rings is 1. The number of methoxy groups -OCH3 is 1. The molecule has 0 spiro atoms. The van der Waals surface area contributed by atoms with Crippen LogP contribution in [-0.2, 0) is 14.3 Å². The fraction of sp³-hybridized carbons (Fsp3) is 0.333. The van der Waals surface area contributed by atoms with E-state index in [1.807, 2.05) is 0 Å². The minimum absolute atomic E-state index is 0.136. The first kappa shape index (κ1) is 15.3. The van der Waals surface area contributed by atoms with E-state index in [2.05, 4.69) is 5.32 Å². The van der Waals surface area contributed by atoms with Crippen LogP contribution in [0.3, 0.4) is 0 Å². The van der Waals surface area contributed by atoms with E-state index in [0.717, 1.165) is 0 Å². The summed E-state index contributed by atoms with van der Waals surface area (Å²) in [4.78, 5) is 23.0. The van der Waals surface area contributed by atoms with E-state index in [-0.39, 0.29) is 17.9 Å². The molecule has 1 rings (SSSR count). The average molecular weight is 287 g/mol. The van der Waals surface area contributed by atoms with Crippen LogP contribution in [0.25, 0.3) is 0 Å². The van der Waals surface area contributed by atoms with Gasteiger partial charge in [-0.2, -0.15) is 0 Å². The summed E-state index contributed by atoms with van der Waals surface area (Å²) in [6, 6.07) is 4.45. The molecule has 1 amide bonds. The first-order chi connectivity index (χ1) is 9.04. The Hall–Kier alpha value is -1.79. The number of halogens is 1. The van der Waals surface area contributed by atoms with Crippen LogP contribution in [0.2, 0.25) is 5.02 Å². The molecule has 0 bridgehead atoms. The third kappa shape index (κ3) is 5.15. The highest BCUT2D eigenvalue weighted by Gasteiger charge is 2.13. The summed E-state index contributed by atoms with van der Waals surface area (Å²) in [5.74, 6) is -1.10. The smallest absolute Gasteiger partial charge is 0.340 e. The van der Waals surface area contributed by atoms with Gasteiger partial charge in [0.2, 0.25) is 0 Å². The zero-order valence-electron chi connectivity index (χ0n) is 10.4. The van der Waals surface area contributed by atoms with Gasteiger partial charge in [-0.05, 0) is 18.2 Å². The summed E-state index contributed by atoms with van der Waals surface area (Å²) in [5.41, 5.74) is 6.00. The van der Waals surface area contributed by atoms with Crippen molar-refractivity contribution < 1.29 is 19.1 Å². The molecule has 0 saturated carbocycles. The number of hydrogen-bond acceptors (Lipinski definition) is 5. The number of anilines is 1. The van der Waals surface area contributed by atoms with Gasteiger partial charge in [-0.1, -0.05) is 11.6 Å². The Balaban J connectivity index is 2.47. The normalized spacial score (nSPS) is 10.0. The van der Waals surface area contributed by atoms with Gasteiger partial charge >= 0.3 is 5.97 Å². The first-order valence-electron chi connectivity index (χ1n) is 5.52. The molecule has 104 valence electrons. The van der Waals surface area contributed by atoms with Crippen LogP contribution in [-0.4, -0.2) is 38.7 Å². The summed E-state index contributed by atoms with van der Waals surface area (Å²) in [5, 5.41) is 2.88. The number of nitrogens with one attached hydrogen (secondary N) is 1. The van der Waals surface area contributed by atoms with Gasteiger partial charge in [0.05, 0.1) is 12.2 Å². The van der Waals surface area contributed by atoms with Gasteiger partial charge < -0.3 is 20.5 Å². The second kappa shape index (κ2) is 7.60. The van der Waals surface area contributed by atoms with Crippen LogP contribution in [0.5, 0.6) is 0 Å². The SMILES string of the molecule is COCCNC(=O)COC(=O)c1cc(Cl)ccc1N. The molecule has 0 atom stereocenters. The fourth-order valence-corrected chi connectivity index (χ4v) is 1.43. The van der Waals surface area contributed by atoms with Gasteiger partial charge in [-0.15, -0.1) is 0 Å². The number of esters is 1. The first-order valence-corrected chi connectivity index (χ1v) is 5.90. The van der Waals surface area contributed by atoms with Gasteiger partial charge in [-0.25, -0.2) is 4.79 Å². The summed E-state index contributed by atoms with van der Waals surface area (Å²) in [6.07, 6.45) is 0. The lowest BCUT2D eigenvalue weighted by Crippen LogP contribution is -2.31. The zero-order chi connectivity index (χ0) is 14.3. The molecule has 0 saturated heterocycles. The van der Waals surface area contributed by atoms with E-state index in [9.17, 15) is 9.59 Å². The fourth-order valence-electron chi connectivity index (χ4n) is 1.26. The van der Waals surface area contributed by atoms with Crippen molar-refractivity contribution >= 4 is 29.2 Å². The lowest BCUT2D eigenvalue weighted by Gasteiger charge is -2.08. The van der Waals surface area contributed by atoms with Gasteiger partial charge in [0.1, 0.15) is 0 Å². The number of nitrogens with two attached hydrogens (primary N) is 1. The van der Waals surface area contributed by atoms with Gasteiger partial charge in [0.15, 0.2) is 6.61 Å². The predicted octanol–water partition coefficient (Wildman–Crippen LogP) is 0.842. The molecule has 3 N–H and O–H groups in total. The lowest BCUT2D eigenvalue weighted by atomic mass is 10.2. The van der Waals surface area contributed by atoms with E-state index in [4.69, 9.17) is 26.8 Å². The van der Waals surface area contributed by atoms with E-state index in [1.54, 1.807) is 6.07 Å². The van der Waals surface area contributed by atoms with Crippen LogP contribution in [0, 0.1) is 0 Å². The van der Waals surface area contributed by atoms with Gasteiger partial charge in [-0.3, -0.25) is 4.79 Å². The number of ether oxygens (including phenoxy) is 2. The Bertz CT molecular complexity index is 465. The van der Waals surface area contributed by atoms with Crippen LogP contribution in [0.4, 0.5) is 5.69 Å². The number of hydrogen-bond donors (Lipinski definition) is 2. The predicted molar refractivity (Wildman–Crippen MR) is 71.0 cm³/mol. The molecule has 0 aliphatic heterocycles. The Morgan fingerprint density at radius 1 is 1.42 bits per heavy atom. The molecule has 0 unspecified atom stereocenters. The standard InChI is InChI=1S/C12H15ClN2O4/c1-18-5-4-15-11(16)7-19-12(17)9-6-8(13)2-3-10(9)14/h2-3,6H,4-5,7,14H2,1H3,(H,15,16). The van der Waals surface area contributed by atoms with Crippen LogP contribution < -0.4 is 11.1 Å². The highest BCUT2D eigenvalue weighted by Crippen LogP contribution is 2.18. The lowest BCUT2D eigenvalue weighted by molar-refractivity contribution is -0.124. The highest BCUT2D eigenvalue weighted by atomic mass is 35.5. The molecular formula is C12H15ClN2O4. The van der Waals surface area contributed by atoms with E-state index >= 15 is 0 Å². The average Bonchev–Trinajstić information content (AvgIpc) is 2.39. The molecule has 0 heterocycles. The zero-order valence-corrected chi connectivity index (χ0v) is 11.2. The van der Waals surface area contributed by atoms with Gasteiger partial charge in [0, 0.05) is 24.4 Å². The van der Waals surface area contributed by atoms with E-state index in [1.165, 1.54) is 19.2 Å². The molecule has 0 radical (unpaired) electrons. The molecule has 0 aromatic heterocycles. The number of carbonyl (C=O) groups excluding carboxylic acids is 2. The molecule has 0 aliphatic rings. The topological polar surface area (TPSA) is 90.6 Å². The van der Waals surface area contributed by atoms with E-state index in [0.29, 0.717) is 18.2 Å². The molecule has 6 nitrogen and oxygen atoms in total. The van der Waals surface area contributed by atoms with Crippen molar-refractivity contribution in [3.8, 4) is 0 Å². The van der Waals surface area contributed by atoms with Crippen LogP contribution in [0.15, 0.2) is 18.2 Å². The molecule has 7 heteroatoms. The third-order valence-corrected chi connectivity index (χ3v) is 2.43. The largest absolute Gasteiger partial charge is 0.452 e. The van der Waals surface area contributed by atoms with Gasteiger partial charge in [0.25, 0.3) is 5.91 Å². The van der Waals surface area contributed by atoms with Crippen molar-refractivity contribution in [3.63, 3.8) is 0 Å². The maximum absolute atomic E-state index is 11.7. The third-order valence-electron chi connectivity index (χ3n) is 2.20. The highest BCUT2D eigenvalue weighted by molar-refractivity contribution is 6.31. The molecule has 1 aromatic rings. The summed E-state index contributed by atoms with van der Waals surface area (Å²) in [6.45, 7) is 0.363. The van der Waals surface area contributed by atoms with Crippen molar-refractivity contribution in [1.82, 2.24) is 5.32 Å². The Labute approximate surface area is 115 Å². The summed E-state index contributed by atoms with van der Waals surface area (Å²) >= 11 is 5.75. The number of nitrogen functional groups attached to an aromatic ring is 1. The Kier molecular flexibility index (Phi) is 6.11.